The van der Waals surface area contributed by atoms with Crippen molar-refractivity contribution in [2.24, 2.45) is 5.73 Å². The summed E-state index contributed by atoms with van der Waals surface area (Å²) in [4.78, 5) is 14.5. The molecule has 3 N–H and O–H groups in total. The molecule has 2 aromatic carbocycles. The third-order valence-electron chi connectivity index (χ3n) is 3.84. The lowest BCUT2D eigenvalue weighted by atomic mass is 10.1. The molecule has 5 heteroatoms. The molecule has 0 aliphatic heterocycles. The molecular weight excluding hydrogens is 324 g/mol. The van der Waals surface area contributed by atoms with E-state index in [0.29, 0.717) is 31.6 Å². The van der Waals surface area contributed by atoms with Gasteiger partial charge in [0.25, 0.3) is 5.91 Å². The van der Waals surface area contributed by atoms with E-state index in [1.165, 1.54) is 0 Å². The lowest BCUT2D eigenvalue weighted by Crippen LogP contribution is -2.36. The highest BCUT2D eigenvalue weighted by Crippen LogP contribution is 2.13. The fourth-order valence-corrected chi connectivity index (χ4v) is 2.37. The van der Waals surface area contributed by atoms with Gasteiger partial charge in [0.1, 0.15) is 0 Å². The number of carbonyl (C=O) groups excluding carboxylic acids is 1. The molecule has 2 aromatic rings. The highest BCUT2D eigenvalue weighted by Gasteiger charge is 2.18. The highest BCUT2D eigenvalue weighted by molar-refractivity contribution is 5.94. The van der Waals surface area contributed by atoms with Gasteiger partial charge in [0, 0.05) is 25.2 Å². The van der Waals surface area contributed by atoms with Crippen LogP contribution in [-0.2, 0) is 13.1 Å². The summed E-state index contributed by atoms with van der Waals surface area (Å²) in [6.45, 7) is 3.17. The van der Waals surface area contributed by atoms with Crippen molar-refractivity contribution in [1.29, 1.82) is 0 Å². The van der Waals surface area contributed by atoms with Crippen molar-refractivity contribution >= 4 is 18.3 Å². The van der Waals surface area contributed by atoms with Gasteiger partial charge in [0.05, 0.1) is 6.10 Å². The largest absolute Gasteiger partial charge is 0.391 e. The third-order valence-corrected chi connectivity index (χ3v) is 3.84. The van der Waals surface area contributed by atoms with Crippen LogP contribution in [0.15, 0.2) is 54.6 Å². The van der Waals surface area contributed by atoms with Gasteiger partial charge in [0.2, 0.25) is 0 Å². The predicted octanol–water partition coefficient (Wildman–Crippen LogP) is 2.98. The van der Waals surface area contributed by atoms with E-state index < -0.39 is 6.10 Å². The molecule has 0 heterocycles. The predicted molar refractivity (Wildman–Crippen MR) is 99.1 cm³/mol. The zero-order valence-corrected chi connectivity index (χ0v) is 14.7. The van der Waals surface area contributed by atoms with Crippen LogP contribution in [0.25, 0.3) is 0 Å². The second-order valence-corrected chi connectivity index (χ2v) is 5.63. The van der Waals surface area contributed by atoms with E-state index >= 15 is 0 Å². The van der Waals surface area contributed by atoms with Crippen LogP contribution in [0.2, 0.25) is 0 Å². The second kappa shape index (κ2) is 10.1. The van der Waals surface area contributed by atoms with Gasteiger partial charge in [-0.05, 0) is 29.7 Å². The average Bonchev–Trinajstić information content (AvgIpc) is 2.61. The Kier molecular flexibility index (Phi) is 8.47. The number of nitrogens with zero attached hydrogens (tertiary/aromatic N) is 1. The third kappa shape index (κ3) is 5.64. The van der Waals surface area contributed by atoms with Crippen LogP contribution < -0.4 is 5.73 Å². The summed E-state index contributed by atoms with van der Waals surface area (Å²) in [5, 5.41) is 9.97. The van der Waals surface area contributed by atoms with Gasteiger partial charge in [-0.25, -0.2) is 0 Å². The summed E-state index contributed by atoms with van der Waals surface area (Å²) in [7, 11) is 0. The molecular formula is C19H25ClN2O2. The van der Waals surface area contributed by atoms with Crippen molar-refractivity contribution in [1.82, 2.24) is 4.90 Å². The standard InChI is InChI=1S/C19H24N2O2.ClH/c1-2-18(22)14-21(13-16-6-4-3-5-7-16)19(23)17-10-8-15(12-20)9-11-17;/h3-11,18,22H,2,12-14,20H2,1H3;1H. The smallest absolute Gasteiger partial charge is 0.254 e. The van der Waals surface area contributed by atoms with Crippen molar-refractivity contribution < 1.29 is 9.90 Å². The van der Waals surface area contributed by atoms with E-state index in [1.54, 1.807) is 17.0 Å². The van der Waals surface area contributed by atoms with Crippen molar-refractivity contribution in [2.45, 2.75) is 32.5 Å². The lowest BCUT2D eigenvalue weighted by molar-refractivity contribution is 0.0598. The molecule has 4 nitrogen and oxygen atoms in total. The first-order valence-electron chi connectivity index (χ1n) is 7.94. The number of aliphatic hydroxyl groups excluding tert-OH is 1. The van der Waals surface area contributed by atoms with E-state index in [2.05, 4.69) is 0 Å². The normalized spacial score (nSPS) is 11.5. The van der Waals surface area contributed by atoms with Crippen molar-refractivity contribution in [3.05, 3.63) is 71.3 Å². The van der Waals surface area contributed by atoms with Gasteiger partial charge in [-0.1, -0.05) is 49.4 Å². The SMILES string of the molecule is CCC(O)CN(Cc1ccccc1)C(=O)c1ccc(CN)cc1.Cl. The molecule has 0 fully saturated rings. The summed E-state index contributed by atoms with van der Waals surface area (Å²) < 4.78 is 0. The van der Waals surface area contributed by atoms with Crippen LogP contribution in [0.5, 0.6) is 0 Å². The fraction of sp³-hybridized carbons (Fsp3) is 0.316. The number of rotatable bonds is 7. The first kappa shape index (κ1) is 20.2. The molecule has 0 saturated heterocycles. The molecule has 130 valence electrons. The Balaban J connectivity index is 0.00000288. The summed E-state index contributed by atoms with van der Waals surface area (Å²) in [6.07, 6.45) is 0.0935. The van der Waals surface area contributed by atoms with E-state index in [1.807, 2.05) is 49.4 Å². The van der Waals surface area contributed by atoms with Gasteiger partial charge in [-0.2, -0.15) is 0 Å². The fourth-order valence-electron chi connectivity index (χ4n) is 2.37. The van der Waals surface area contributed by atoms with Gasteiger partial charge < -0.3 is 15.7 Å². The van der Waals surface area contributed by atoms with Gasteiger partial charge >= 0.3 is 0 Å². The summed E-state index contributed by atoms with van der Waals surface area (Å²) in [5.74, 6) is -0.0788. The van der Waals surface area contributed by atoms with Crippen LogP contribution in [0.3, 0.4) is 0 Å². The molecule has 0 saturated carbocycles. The van der Waals surface area contributed by atoms with E-state index in [9.17, 15) is 9.90 Å². The molecule has 1 amide bonds. The van der Waals surface area contributed by atoms with Crippen molar-refractivity contribution in [3.63, 3.8) is 0 Å². The Bertz CT molecular complexity index is 617. The Morgan fingerprint density at radius 3 is 2.25 bits per heavy atom. The molecule has 0 spiro atoms. The minimum Gasteiger partial charge on any atom is -0.391 e. The second-order valence-electron chi connectivity index (χ2n) is 5.63. The Labute approximate surface area is 149 Å². The maximum absolute atomic E-state index is 12.8. The van der Waals surface area contributed by atoms with Crippen LogP contribution in [-0.4, -0.2) is 28.6 Å². The molecule has 0 bridgehead atoms. The zero-order valence-electron chi connectivity index (χ0n) is 13.9. The minimum absolute atomic E-state index is 0. The molecule has 0 radical (unpaired) electrons. The van der Waals surface area contributed by atoms with Crippen LogP contribution in [0.4, 0.5) is 0 Å². The summed E-state index contributed by atoms with van der Waals surface area (Å²) in [5.41, 5.74) is 8.24. The van der Waals surface area contributed by atoms with Crippen molar-refractivity contribution in [3.8, 4) is 0 Å². The van der Waals surface area contributed by atoms with Crippen LogP contribution >= 0.6 is 12.4 Å². The maximum Gasteiger partial charge on any atom is 0.254 e. The molecule has 1 unspecified atom stereocenters. The Morgan fingerprint density at radius 1 is 1.08 bits per heavy atom. The maximum atomic E-state index is 12.8. The van der Waals surface area contributed by atoms with Crippen molar-refractivity contribution in [2.75, 3.05) is 6.54 Å². The topological polar surface area (TPSA) is 66.6 Å². The highest BCUT2D eigenvalue weighted by atomic mass is 35.5. The summed E-state index contributed by atoms with van der Waals surface area (Å²) in [6, 6.07) is 17.1. The average molecular weight is 349 g/mol. The monoisotopic (exact) mass is 348 g/mol. The van der Waals surface area contributed by atoms with E-state index in [-0.39, 0.29) is 18.3 Å². The number of hydrogen-bond donors (Lipinski definition) is 2. The molecule has 24 heavy (non-hydrogen) atoms. The number of amides is 1. The summed E-state index contributed by atoms with van der Waals surface area (Å²) >= 11 is 0. The number of halogens is 1. The first-order chi connectivity index (χ1) is 11.1. The zero-order chi connectivity index (χ0) is 16.7. The van der Waals surface area contributed by atoms with Gasteiger partial charge in [-0.15, -0.1) is 12.4 Å². The molecule has 0 aromatic heterocycles. The Hall–Kier alpha value is -1.88. The molecule has 2 rings (SSSR count). The van der Waals surface area contributed by atoms with Crippen LogP contribution in [0.1, 0.15) is 34.8 Å². The van der Waals surface area contributed by atoms with Gasteiger partial charge in [-0.3, -0.25) is 4.79 Å². The van der Waals surface area contributed by atoms with Crippen LogP contribution in [0, 0.1) is 0 Å². The number of hydrogen-bond acceptors (Lipinski definition) is 3. The van der Waals surface area contributed by atoms with E-state index in [4.69, 9.17) is 5.73 Å². The number of carbonyl (C=O) groups is 1. The molecule has 0 aliphatic carbocycles. The number of aliphatic hydroxyl groups is 1. The molecule has 0 aliphatic rings. The minimum atomic E-state index is -0.522. The number of nitrogens with two attached hydrogens (primary N) is 1. The quantitative estimate of drug-likeness (QED) is 0.808. The van der Waals surface area contributed by atoms with Gasteiger partial charge in [0.15, 0.2) is 0 Å². The van der Waals surface area contributed by atoms with E-state index in [0.717, 1.165) is 11.1 Å². The first-order valence-corrected chi connectivity index (χ1v) is 7.94. The lowest BCUT2D eigenvalue weighted by Gasteiger charge is -2.25. The number of benzene rings is 2. The Morgan fingerprint density at radius 2 is 1.71 bits per heavy atom. The molecule has 1 atom stereocenters.